The molecule has 6 heteroatoms. The highest BCUT2D eigenvalue weighted by Gasteiger charge is 2.06. The van der Waals surface area contributed by atoms with Crippen LogP contribution in [-0.4, -0.2) is 22.4 Å². The van der Waals surface area contributed by atoms with Crippen LogP contribution in [0.5, 0.6) is 0 Å². The van der Waals surface area contributed by atoms with Crippen LogP contribution in [0.15, 0.2) is 52.9 Å². The third-order valence-electron chi connectivity index (χ3n) is 3.62. The van der Waals surface area contributed by atoms with Crippen molar-refractivity contribution in [3.63, 3.8) is 0 Å². The molecule has 0 radical (unpaired) electrons. The van der Waals surface area contributed by atoms with Crippen LogP contribution in [-0.2, 0) is 4.79 Å². The van der Waals surface area contributed by atoms with Crippen LogP contribution < -0.4 is 5.32 Å². The third kappa shape index (κ3) is 4.90. The first-order valence-corrected chi connectivity index (χ1v) is 9.81. The quantitative estimate of drug-likeness (QED) is 0.361. The van der Waals surface area contributed by atoms with E-state index in [0.29, 0.717) is 17.7 Å². The van der Waals surface area contributed by atoms with Crippen LogP contribution >= 0.6 is 23.1 Å². The van der Waals surface area contributed by atoms with Crippen LogP contribution in [0.25, 0.3) is 10.2 Å². The molecule has 0 atom stereocenters. The second-order valence-electron chi connectivity index (χ2n) is 5.58. The maximum absolute atomic E-state index is 12.0. The van der Waals surface area contributed by atoms with Gasteiger partial charge >= 0.3 is 0 Å². The maximum Gasteiger partial charge on any atom is 0.224 e. The van der Waals surface area contributed by atoms with Crippen molar-refractivity contribution in [2.45, 2.75) is 24.1 Å². The number of hydrogen-bond acceptors (Lipinski definition) is 5. The van der Waals surface area contributed by atoms with Crippen molar-refractivity contribution in [2.75, 3.05) is 11.1 Å². The van der Waals surface area contributed by atoms with Crippen LogP contribution in [0.4, 0.5) is 5.69 Å². The minimum atomic E-state index is -0.0134. The molecule has 128 valence electrons. The average Bonchev–Trinajstić information content (AvgIpc) is 3.02. The lowest BCUT2D eigenvalue weighted by Gasteiger charge is -2.05. The van der Waals surface area contributed by atoms with E-state index in [-0.39, 0.29) is 11.7 Å². The summed E-state index contributed by atoms with van der Waals surface area (Å²) in [5.41, 5.74) is 2.39. The van der Waals surface area contributed by atoms with E-state index >= 15 is 0 Å². The Morgan fingerprint density at radius 3 is 2.60 bits per heavy atom. The second kappa shape index (κ2) is 8.27. The minimum Gasteiger partial charge on any atom is -0.326 e. The van der Waals surface area contributed by atoms with Gasteiger partial charge in [-0.3, -0.25) is 9.59 Å². The van der Waals surface area contributed by atoms with Gasteiger partial charge < -0.3 is 5.32 Å². The third-order valence-corrected chi connectivity index (χ3v) is 5.89. The van der Waals surface area contributed by atoms with E-state index in [0.717, 1.165) is 22.0 Å². The lowest BCUT2D eigenvalue weighted by Crippen LogP contribution is -2.11. The smallest absolute Gasteiger partial charge is 0.224 e. The van der Waals surface area contributed by atoms with Gasteiger partial charge in [-0.25, -0.2) is 4.98 Å². The number of fused-ring (bicyclic) bond motifs is 1. The Kier molecular flexibility index (Phi) is 5.83. The maximum atomic E-state index is 12.0. The van der Waals surface area contributed by atoms with E-state index in [2.05, 4.69) is 16.4 Å². The zero-order chi connectivity index (χ0) is 17.6. The number of nitrogens with zero attached hydrogens (tertiary/aromatic N) is 1. The normalized spacial score (nSPS) is 10.8. The molecule has 1 N–H and O–H groups in total. The summed E-state index contributed by atoms with van der Waals surface area (Å²) in [5, 5.41) is 2.86. The number of carbonyl (C=O) groups is 2. The lowest BCUT2D eigenvalue weighted by atomic mass is 10.1. The standard InChI is InChI=1S/C19H18N2O2S2/c1-13(22)14-8-10-15(11-9-14)20-18(23)7-4-12-24-19-21-16-5-2-3-6-17(16)25-19/h2-3,5-6,8-11H,4,7,12H2,1H3,(H,20,23). The van der Waals surface area contributed by atoms with Gasteiger partial charge in [0.15, 0.2) is 10.1 Å². The molecule has 25 heavy (non-hydrogen) atoms. The summed E-state index contributed by atoms with van der Waals surface area (Å²) < 4.78 is 2.23. The zero-order valence-electron chi connectivity index (χ0n) is 13.8. The van der Waals surface area contributed by atoms with E-state index in [4.69, 9.17) is 0 Å². The number of rotatable bonds is 7. The fraction of sp³-hybridized carbons (Fsp3) is 0.211. The summed E-state index contributed by atoms with van der Waals surface area (Å²) >= 11 is 3.38. The molecule has 0 fully saturated rings. The molecule has 0 saturated carbocycles. The number of hydrogen-bond donors (Lipinski definition) is 1. The Hall–Kier alpha value is -2.18. The van der Waals surface area contributed by atoms with E-state index in [1.165, 1.54) is 11.6 Å². The number of para-hydroxylation sites is 1. The number of thiazole rings is 1. The van der Waals surface area contributed by atoms with Gasteiger partial charge in [-0.05, 0) is 49.7 Å². The number of Topliss-reactive ketones (excluding diaryl/α,β-unsaturated/α-hetero) is 1. The molecule has 0 unspecified atom stereocenters. The molecular weight excluding hydrogens is 352 g/mol. The van der Waals surface area contributed by atoms with Crippen molar-refractivity contribution in [1.29, 1.82) is 0 Å². The minimum absolute atomic E-state index is 0.0134. The topological polar surface area (TPSA) is 59.1 Å². The fourth-order valence-electron chi connectivity index (χ4n) is 2.32. The first-order valence-electron chi connectivity index (χ1n) is 8.01. The van der Waals surface area contributed by atoms with Gasteiger partial charge in [-0.2, -0.15) is 0 Å². The van der Waals surface area contributed by atoms with E-state index in [9.17, 15) is 9.59 Å². The highest BCUT2D eigenvalue weighted by atomic mass is 32.2. The lowest BCUT2D eigenvalue weighted by molar-refractivity contribution is -0.116. The zero-order valence-corrected chi connectivity index (χ0v) is 15.5. The molecule has 2 aromatic carbocycles. The van der Waals surface area contributed by atoms with Gasteiger partial charge in [0.2, 0.25) is 5.91 Å². The monoisotopic (exact) mass is 370 g/mol. The number of benzene rings is 2. The number of thioether (sulfide) groups is 1. The number of nitrogens with one attached hydrogen (secondary N) is 1. The first kappa shape index (κ1) is 17.6. The molecule has 0 spiro atoms. The Bertz CT molecular complexity index is 855. The fourth-order valence-corrected chi connectivity index (χ4v) is 4.39. The molecule has 1 heterocycles. The molecule has 0 saturated heterocycles. The van der Waals surface area contributed by atoms with Crippen molar-refractivity contribution in [2.24, 2.45) is 0 Å². The average molecular weight is 370 g/mol. The summed E-state index contributed by atoms with van der Waals surface area (Å²) in [6.07, 6.45) is 1.25. The van der Waals surface area contributed by atoms with Gasteiger partial charge in [0.25, 0.3) is 0 Å². The molecular formula is C19H18N2O2S2. The Morgan fingerprint density at radius 2 is 1.88 bits per heavy atom. The van der Waals surface area contributed by atoms with Crippen molar-refractivity contribution in [3.05, 3.63) is 54.1 Å². The Morgan fingerprint density at radius 1 is 1.12 bits per heavy atom. The van der Waals surface area contributed by atoms with Crippen LogP contribution in [0, 0.1) is 0 Å². The molecule has 3 rings (SSSR count). The van der Waals surface area contributed by atoms with Gasteiger partial charge in [-0.1, -0.05) is 23.9 Å². The highest BCUT2D eigenvalue weighted by Crippen LogP contribution is 2.29. The van der Waals surface area contributed by atoms with Crippen molar-refractivity contribution in [1.82, 2.24) is 4.98 Å². The van der Waals surface area contributed by atoms with Crippen molar-refractivity contribution >= 4 is 50.7 Å². The summed E-state index contributed by atoms with van der Waals surface area (Å²) in [6.45, 7) is 1.52. The number of carbonyl (C=O) groups excluding carboxylic acids is 2. The summed E-state index contributed by atoms with van der Waals surface area (Å²) in [5.74, 6) is 0.862. The second-order valence-corrected chi connectivity index (χ2v) is 7.95. The highest BCUT2D eigenvalue weighted by molar-refractivity contribution is 8.01. The van der Waals surface area contributed by atoms with Crippen LogP contribution in [0.3, 0.4) is 0 Å². The van der Waals surface area contributed by atoms with Gasteiger partial charge in [0.1, 0.15) is 0 Å². The molecule has 0 aliphatic rings. The molecule has 3 aromatic rings. The van der Waals surface area contributed by atoms with Crippen molar-refractivity contribution in [3.8, 4) is 0 Å². The summed E-state index contributed by atoms with van der Waals surface area (Å²) in [4.78, 5) is 27.8. The Labute approximate surface area is 154 Å². The number of aromatic nitrogens is 1. The van der Waals surface area contributed by atoms with Gasteiger partial charge in [-0.15, -0.1) is 11.3 Å². The van der Waals surface area contributed by atoms with Gasteiger partial charge in [0.05, 0.1) is 10.2 Å². The van der Waals surface area contributed by atoms with Crippen LogP contribution in [0.2, 0.25) is 0 Å². The van der Waals surface area contributed by atoms with E-state index in [1.807, 2.05) is 18.2 Å². The van der Waals surface area contributed by atoms with Crippen molar-refractivity contribution < 1.29 is 9.59 Å². The first-order chi connectivity index (χ1) is 12.1. The number of ketones is 1. The molecule has 1 amide bonds. The molecule has 0 bridgehead atoms. The van der Waals surface area contributed by atoms with Crippen LogP contribution in [0.1, 0.15) is 30.1 Å². The molecule has 0 aliphatic carbocycles. The number of anilines is 1. The SMILES string of the molecule is CC(=O)c1ccc(NC(=O)CCCSc2nc3ccccc3s2)cc1. The Balaban J connectivity index is 1.42. The predicted octanol–water partition coefficient (Wildman–Crippen LogP) is 5.01. The molecule has 1 aromatic heterocycles. The summed E-state index contributed by atoms with van der Waals surface area (Å²) in [6, 6.07) is 15.0. The largest absolute Gasteiger partial charge is 0.326 e. The van der Waals surface area contributed by atoms with E-state index < -0.39 is 0 Å². The molecule has 4 nitrogen and oxygen atoms in total. The van der Waals surface area contributed by atoms with E-state index in [1.54, 1.807) is 47.4 Å². The predicted molar refractivity (Wildman–Crippen MR) is 105 cm³/mol. The summed E-state index contributed by atoms with van der Waals surface area (Å²) in [7, 11) is 0. The molecule has 0 aliphatic heterocycles. The van der Waals surface area contributed by atoms with Gasteiger partial charge in [0, 0.05) is 23.4 Å². The number of amides is 1.